The van der Waals surface area contributed by atoms with E-state index in [2.05, 4.69) is 12.2 Å². The summed E-state index contributed by atoms with van der Waals surface area (Å²) < 4.78 is 19.1. The van der Waals surface area contributed by atoms with E-state index in [1.807, 2.05) is 26.0 Å². The fourth-order valence-electron chi connectivity index (χ4n) is 1.90. The van der Waals surface area contributed by atoms with Crippen molar-refractivity contribution in [3.05, 3.63) is 35.6 Å². The van der Waals surface area contributed by atoms with Crippen molar-refractivity contribution >= 4 is 0 Å². The molecule has 1 atom stereocenters. The molecule has 2 nitrogen and oxygen atoms in total. The van der Waals surface area contributed by atoms with Gasteiger partial charge in [-0.2, -0.15) is 0 Å². The summed E-state index contributed by atoms with van der Waals surface area (Å²) in [6, 6.07) is 7.06. The van der Waals surface area contributed by atoms with Gasteiger partial charge < -0.3 is 10.1 Å². The zero-order valence-electron chi connectivity index (χ0n) is 11.6. The molecule has 102 valence electrons. The quantitative estimate of drug-likeness (QED) is 0.714. The summed E-state index contributed by atoms with van der Waals surface area (Å²) in [5, 5.41) is 3.38. The number of rotatable bonds is 8. The Hall–Kier alpha value is -0.930. The molecular weight excluding hydrogens is 229 g/mol. The van der Waals surface area contributed by atoms with Crippen LogP contribution in [0.3, 0.4) is 0 Å². The molecule has 0 aliphatic heterocycles. The van der Waals surface area contributed by atoms with Gasteiger partial charge in [0.2, 0.25) is 0 Å². The first-order chi connectivity index (χ1) is 8.65. The van der Waals surface area contributed by atoms with Crippen molar-refractivity contribution in [3.63, 3.8) is 0 Å². The normalized spacial score (nSPS) is 12.9. The molecule has 1 aromatic carbocycles. The van der Waals surface area contributed by atoms with Crippen molar-refractivity contribution in [1.29, 1.82) is 0 Å². The largest absolute Gasteiger partial charge is 0.379 e. The summed E-state index contributed by atoms with van der Waals surface area (Å²) in [6.07, 6.45) is 2.10. The highest BCUT2D eigenvalue weighted by Gasteiger charge is 2.12. The molecule has 0 fully saturated rings. The summed E-state index contributed by atoms with van der Waals surface area (Å²) in [5.41, 5.74) is 0.754. The van der Waals surface area contributed by atoms with Crippen LogP contribution >= 0.6 is 0 Å². The second-order valence-electron chi connectivity index (χ2n) is 4.71. The van der Waals surface area contributed by atoms with Crippen LogP contribution in [0.4, 0.5) is 4.39 Å². The van der Waals surface area contributed by atoms with Crippen LogP contribution in [0.25, 0.3) is 0 Å². The SMILES string of the molecule is CCC(NCCCOC(C)C)c1ccccc1F. The zero-order valence-corrected chi connectivity index (χ0v) is 11.6. The van der Waals surface area contributed by atoms with Gasteiger partial charge in [0, 0.05) is 18.2 Å². The molecule has 1 N–H and O–H groups in total. The van der Waals surface area contributed by atoms with Crippen LogP contribution in [0.1, 0.15) is 45.2 Å². The molecule has 0 amide bonds. The Bertz CT molecular complexity index is 341. The maximum absolute atomic E-state index is 13.6. The Morgan fingerprint density at radius 2 is 2.00 bits per heavy atom. The van der Waals surface area contributed by atoms with Crippen molar-refractivity contribution in [3.8, 4) is 0 Å². The fourth-order valence-corrected chi connectivity index (χ4v) is 1.90. The van der Waals surface area contributed by atoms with Gasteiger partial charge in [0.05, 0.1) is 6.10 Å². The van der Waals surface area contributed by atoms with Gasteiger partial charge in [-0.3, -0.25) is 0 Å². The predicted molar refractivity (Wildman–Crippen MR) is 73.1 cm³/mol. The summed E-state index contributed by atoms with van der Waals surface area (Å²) in [5.74, 6) is -0.129. The standard InChI is InChI=1S/C15H24FNO/c1-4-15(13-8-5-6-9-14(13)16)17-10-7-11-18-12(2)3/h5-6,8-9,12,15,17H,4,7,10-11H2,1-3H3. The zero-order chi connectivity index (χ0) is 13.4. The summed E-state index contributed by atoms with van der Waals surface area (Å²) >= 11 is 0. The lowest BCUT2D eigenvalue weighted by Gasteiger charge is -2.18. The summed E-state index contributed by atoms with van der Waals surface area (Å²) in [7, 11) is 0. The van der Waals surface area contributed by atoms with E-state index in [-0.39, 0.29) is 18.0 Å². The van der Waals surface area contributed by atoms with Gasteiger partial charge in [-0.05, 0) is 39.3 Å². The number of benzene rings is 1. The van der Waals surface area contributed by atoms with Crippen LogP contribution in [0.5, 0.6) is 0 Å². The Kier molecular flexibility index (Phi) is 6.91. The molecule has 0 heterocycles. The number of nitrogens with one attached hydrogen (secondary N) is 1. The van der Waals surface area contributed by atoms with Crippen LogP contribution in [0.2, 0.25) is 0 Å². The minimum Gasteiger partial charge on any atom is -0.379 e. The molecule has 0 aliphatic carbocycles. The molecule has 0 saturated heterocycles. The highest BCUT2D eigenvalue weighted by Crippen LogP contribution is 2.19. The minimum absolute atomic E-state index is 0.0882. The Morgan fingerprint density at radius 1 is 1.28 bits per heavy atom. The molecule has 0 saturated carbocycles. The highest BCUT2D eigenvalue weighted by molar-refractivity contribution is 5.20. The van der Waals surface area contributed by atoms with Crippen LogP contribution in [0, 0.1) is 5.82 Å². The topological polar surface area (TPSA) is 21.3 Å². The first kappa shape index (κ1) is 15.1. The average molecular weight is 253 g/mol. The molecule has 1 rings (SSSR count). The molecule has 0 spiro atoms. The van der Waals surface area contributed by atoms with Gasteiger partial charge in [-0.1, -0.05) is 25.1 Å². The third-order valence-corrected chi connectivity index (χ3v) is 2.85. The van der Waals surface area contributed by atoms with Gasteiger partial charge in [-0.15, -0.1) is 0 Å². The Balaban J connectivity index is 2.36. The first-order valence-corrected chi connectivity index (χ1v) is 6.74. The summed E-state index contributed by atoms with van der Waals surface area (Å²) in [6.45, 7) is 7.72. The number of ether oxygens (including phenoxy) is 1. The molecular formula is C15H24FNO. The van der Waals surface area contributed by atoms with Crippen molar-refractivity contribution in [2.24, 2.45) is 0 Å². The molecule has 0 aliphatic rings. The van der Waals surface area contributed by atoms with Gasteiger partial charge in [-0.25, -0.2) is 4.39 Å². The van der Waals surface area contributed by atoms with E-state index in [1.165, 1.54) is 6.07 Å². The van der Waals surface area contributed by atoms with Crippen LogP contribution < -0.4 is 5.32 Å². The maximum atomic E-state index is 13.6. The van der Waals surface area contributed by atoms with Crippen molar-refractivity contribution in [2.45, 2.75) is 45.8 Å². The van der Waals surface area contributed by atoms with Crippen LogP contribution in [-0.2, 0) is 4.74 Å². The predicted octanol–water partition coefficient (Wildman–Crippen LogP) is 3.68. The third kappa shape index (κ3) is 5.15. The van der Waals surface area contributed by atoms with Crippen molar-refractivity contribution in [1.82, 2.24) is 5.32 Å². The second-order valence-corrected chi connectivity index (χ2v) is 4.71. The van der Waals surface area contributed by atoms with Gasteiger partial charge in [0.25, 0.3) is 0 Å². The number of halogens is 1. The van der Waals surface area contributed by atoms with E-state index >= 15 is 0 Å². The van der Waals surface area contributed by atoms with E-state index in [4.69, 9.17) is 4.74 Å². The number of hydrogen-bond donors (Lipinski definition) is 1. The third-order valence-electron chi connectivity index (χ3n) is 2.85. The van der Waals surface area contributed by atoms with Crippen LogP contribution in [0.15, 0.2) is 24.3 Å². The second kappa shape index (κ2) is 8.22. The molecule has 0 bridgehead atoms. The average Bonchev–Trinajstić information content (AvgIpc) is 2.35. The molecule has 3 heteroatoms. The molecule has 18 heavy (non-hydrogen) atoms. The van der Waals surface area contributed by atoms with Crippen molar-refractivity contribution in [2.75, 3.05) is 13.2 Å². The number of hydrogen-bond acceptors (Lipinski definition) is 2. The first-order valence-electron chi connectivity index (χ1n) is 6.74. The minimum atomic E-state index is -0.129. The molecule has 1 aromatic rings. The monoisotopic (exact) mass is 253 g/mol. The lowest BCUT2D eigenvalue weighted by molar-refractivity contribution is 0.0766. The Labute approximate surface area is 110 Å². The molecule has 0 aromatic heterocycles. The Morgan fingerprint density at radius 3 is 2.61 bits per heavy atom. The molecule has 1 unspecified atom stereocenters. The highest BCUT2D eigenvalue weighted by atomic mass is 19.1. The smallest absolute Gasteiger partial charge is 0.127 e. The van der Waals surface area contributed by atoms with E-state index in [0.29, 0.717) is 0 Å². The molecule has 0 radical (unpaired) electrons. The van der Waals surface area contributed by atoms with E-state index in [1.54, 1.807) is 6.07 Å². The fraction of sp³-hybridized carbons (Fsp3) is 0.600. The van der Waals surface area contributed by atoms with E-state index in [0.717, 1.165) is 31.6 Å². The lowest BCUT2D eigenvalue weighted by Crippen LogP contribution is -2.24. The lowest BCUT2D eigenvalue weighted by atomic mass is 10.0. The van der Waals surface area contributed by atoms with Crippen molar-refractivity contribution < 1.29 is 9.13 Å². The van der Waals surface area contributed by atoms with Crippen LogP contribution in [-0.4, -0.2) is 19.3 Å². The summed E-state index contributed by atoms with van der Waals surface area (Å²) in [4.78, 5) is 0. The maximum Gasteiger partial charge on any atom is 0.127 e. The van der Waals surface area contributed by atoms with E-state index < -0.39 is 0 Å². The van der Waals surface area contributed by atoms with Gasteiger partial charge >= 0.3 is 0 Å². The van der Waals surface area contributed by atoms with E-state index in [9.17, 15) is 4.39 Å². The van der Waals surface area contributed by atoms with Gasteiger partial charge in [0.15, 0.2) is 0 Å². The van der Waals surface area contributed by atoms with Gasteiger partial charge in [0.1, 0.15) is 5.82 Å².